The fourth-order valence-electron chi connectivity index (χ4n) is 4.77. The van der Waals surface area contributed by atoms with Gasteiger partial charge >= 0.3 is 0 Å². The summed E-state index contributed by atoms with van der Waals surface area (Å²) in [7, 11) is 2.06. The summed E-state index contributed by atoms with van der Waals surface area (Å²) in [5.41, 5.74) is 1.22. The van der Waals surface area contributed by atoms with E-state index in [1.807, 2.05) is 12.1 Å². The van der Waals surface area contributed by atoms with Crippen LogP contribution in [0.25, 0.3) is 0 Å². The molecule has 0 radical (unpaired) electrons. The third kappa shape index (κ3) is 2.40. The Labute approximate surface area is 127 Å². The van der Waals surface area contributed by atoms with Crippen molar-refractivity contribution >= 4 is 0 Å². The van der Waals surface area contributed by atoms with Crippen LogP contribution in [0.5, 0.6) is 0 Å². The average Bonchev–Trinajstić information content (AvgIpc) is 2.59. The van der Waals surface area contributed by atoms with Crippen molar-refractivity contribution in [2.24, 2.45) is 11.8 Å². The second-order valence-corrected chi connectivity index (χ2v) is 7.79. The highest BCUT2D eigenvalue weighted by atomic mass is 19.1. The van der Waals surface area contributed by atoms with Crippen molar-refractivity contribution in [2.75, 3.05) is 7.05 Å². The predicted molar refractivity (Wildman–Crippen MR) is 82.4 cm³/mol. The van der Waals surface area contributed by atoms with Gasteiger partial charge in [0.1, 0.15) is 5.82 Å². The van der Waals surface area contributed by atoms with E-state index in [2.05, 4.69) is 39.8 Å². The number of halogens is 1. The largest absolute Gasteiger partial charge is 0.293 e. The molecule has 0 spiro atoms. The Balaban J connectivity index is 1.94. The third-order valence-electron chi connectivity index (χ3n) is 5.67. The first-order valence-electron chi connectivity index (χ1n) is 7.91. The van der Waals surface area contributed by atoms with E-state index >= 15 is 0 Å². The predicted octanol–water partition coefficient (Wildman–Crippen LogP) is 4.15. The lowest BCUT2D eigenvalue weighted by atomic mass is 9.59. The van der Waals surface area contributed by atoms with Crippen LogP contribution >= 0.6 is 0 Å². The van der Waals surface area contributed by atoms with Crippen molar-refractivity contribution in [3.63, 3.8) is 0 Å². The molecule has 1 heterocycles. The molecule has 4 atom stereocenters. The lowest BCUT2D eigenvalue weighted by molar-refractivity contribution is -0.182. The maximum Gasteiger partial charge on any atom is 0.123 e. The Bertz CT molecular complexity index is 527. The van der Waals surface area contributed by atoms with E-state index in [-0.39, 0.29) is 16.8 Å². The van der Waals surface area contributed by atoms with Crippen molar-refractivity contribution in [1.29, 1.82) is 0 Å². The number of fused-ring (bicyclic) bond motifs is 1. The molecule has 1 aliphatic carbocycles. The Morgan fingerprint density at radius 2 is 1.76 bits per heavy atom. The van der Waals surface area contributed by atoms with E-state index < -0.39 is 0 Å². The Morgan fingerprint density at radius 1 is 1.14 bits per heavy atom. The Kier molecular flexibility index (Phi) is 3.42. The maximum absolute atomic E-state index is 13.2. The van der Waals surface area contributed by atoms with E-state index in [1.165, 1.54) is 5.56 Å². The second kappa shape index (κ2) is 4.79. The van der Waals surface area contributed by atoms with Crippen LogP contribution in [-0.2, 0) is 10.3 Å². The van der Waals surface area contributed by atoms with Gasteiger partial charge in [-0.3, -0.25) is 4.84 Å². The minimum absolute atomic E-state index is 0.0973. The summed E-state index contributed by atoms with van der Waals surface area (Å²) in [5, 5.41) is 2.07. The third-order valence-corrected chi connectivity index (χ3v) is 5.67. The first-order chi connectivity index (χ1) is 9.73. The molecule has 0 amide bonds. The summed E-state index contributed by atoms with van der Waals surface area (Å²) in [6, 6.07) is 7.55. The molecule has 0 bridgehead atoms. The number of nitrogens with zero attached hydrogens (tertiary/aromatic N) is 1. The molecule has 1 saturated carbocycles. The van der Waals surface area contributed by atoms with Crippen LogP contribution in [0.3, 0.4) is 0 Å². The highest BCUT2D eigenvalue weighted by Crippen LogP contribution is 2.52. The van der Waals surface area contributed by atoms with Crippen molar-refractivity contribution in [3.05, 3.63) is 35.6 Å². The molecule has 2 fully saturated rings. The van der Waals surface area contributed by atoms with Crippen LogP contribution in [0.2, 0.25) is 0 Å². The van der Waals surface area contributed by atoms with Crippen molar-refractivity contribution in [1.82, 2.24) is 5.06 Å². The zero-order valence-corrected chi connectivity index (χ0v) is 13.7. The van der Waals surface area contributed by atoms with E-state index in [4.69, 9.17) is 4.84 Å². The fourth-order valence-corrected chi connectivity index (χ4v) is 4.77. The van der Waals surface area contributed by atoms with Gasteiger partial charge in [-0.15, -0.1) is 0 Å². The molecule has 0 aromatic heterocycles. The first kappa shape index (κ1) is 15.0. The Morgan fingerprint density at radius 3 is 2.38 bits per heavy atom. The summed E-state index contributed by atoms with van der Waals surface area (Å²) in [4.78, 5) is 6.09. The normalized spacial score (nSPS) is 39.2. The minimum atomic E-state index is -0.159. The van der Waals surface area contributed by atoms with E-state index in [9.17, 15) is 4.39 Å². The molecule has 1 saturated heterocycles. The van der Waals surface area contributed by atoms with Crippen molar-refractivity contribution in [2.45, 2.75) is 57.6 Å². The van der Waals surface area contributed by atoms with E-state index in [0.717, 1.165) is 12.8 Å². The van der Waals surface area contributed by atoms with Gasteiger partial charge in [0.05, 0.1) is 5.60 Å². The lowest BCUT2D eigenvalue weighted by Gasteiger charge is -2.46. The van der Waals surface area contributed by atoms with Gasteiger partial charge in [0, 0.05) is 19.0 Å². The van der Waals surface area contributed by atoms with Gasteiger partial charge in [-0.1, -0.05) is 26.0 Å². The standard InChI is InChI=1S/C18H26FNO/c1-12-10-18(4,13-6-8-14(19)9-7-13)11-15-16(12)20(5)21-17(15,2)3/h6-9,12,15-16H,10-11H2,1-5H3/t12-,15-,16-,18-/m1/s1. The molecule has 3 heteroatoms. The van der Waals surface area contributed by atoms with Gasteiger partial charge in [-0.2, -0.15) is 5.06 Å². The number of rotatable bonds is 1. The fraction of sp³-hybridized carbons (Fsp3) is 0.667. The monoisotopic (exact) mass is 291 g/mol. The number of hydrogen-bond donors (Lipinski definition) is 0. The summed E-state index contributed by atoms with van der Waals surface area (Å²) in [5.74, 6) is 0.903. The number of hydrogen-bond acceptors (Lipinski definition) is 2. The highest BCUT2D eigenvalue weighted by Gasteiger charge is 2.55. The van der Waals surface area contributed by atoms with Crippen molar-refractivity contribution < 1.29 is 9.23 Å². The smallest absolute Gasteiger partial charge is 0.123 e. The summed E-state index contributed by atoms with van der Waals surface area (Å²) in [6.07, 6.45) is 2.20. The van der Waals surface area contributed by atoms with Crippen LogP contribution in [0.15, 0.2) is 24.3 Å². The van der Waals surface area contributed by atoms with Gasteiger partial charge in [-0.05, 0) is 55.7 Å². The maximum atomic E-state index is 13.2. The SMILES string of the molecule is C[C@@H]1C[C@@](C)(c2ccc(F)cc2)C[C@@H]2[C@@H]1N(C)OC2(C)C. The van der Waals surface area contributed by atoms with Gasteiger partial charge in [-0.25, -0.2) is 4.39 Å². The average molecular weight is 291 g/mol. The molecular formula is C18H26FNO. The molecule has 1 aliphatic heterocycles. The highest BCUT2D eigenvalue weighted by molar-refractivity contribution is 5.27. The molecule has 1 aromatic carbocycles. The summed E-state index contributed by atoms with van der Waals surface area (Å²) >= 11 is 0. The minimum Gasteiger partial charge on any atom is -0.293 e. The molecule has 2 nitrogen and oxygen atoms in total. The first-order valence-corrected chi connectivity index (χ1v) is 7.91. The van der Waals surface area contributed by atoms with Crippen LogP contribution in [0, 0.1) is 17.7 Å². The summed E-state index contributed by atoms with van der Waals surface area (Å²) in [6.45, 7) is 9.02. The van der Waals surface area contributed by atoms with Crippen LogP contribution < -0.4 is 0 Å². The van der Waals surface area contributed by atoms with Gasteiger partial charge in [0.2, 0.25) is 0 Å². The molecule has 21 heavy (non-hydrogen) atoms. The molecule has 0 N–H and O–H groups in total. The number of hydroxylamine groups is 2. The quantitative estimate of drug-likeness (QED) is 0.770. The number of benzene rings is 1. The zero-order chi connectivity index (χ0) is 15.4. The second-order valence-electron chi connectivity index (χ2n) is 7.79. The molecule has 116 valence electrons. The molecule has 0 unspecified atom stereocenters. The molecular weight excluding hydrogens is 265 g/mol. The van der Waals surface area contributed by atoms with Gasteiger partial charge < -0.3 is 0 Å². The summed E-state index contributed by atoms with van der Waals surface area (Å²) < 4.78 is 13.2. The van der Waals surface area contributed by atoms with E-state index in [1.54, 1.807) is 12.1 Å². The van der Waals surface area contributed by atoms with E-state index in [0.29, 0.717) is 17.9 Å². The molecule has 3 rings (SSSR count). The Hall–Kier alpha value is -0.930. The van der Waals surface area contributed by atoms with Gasteiger partial charge in [0.15, 0.2) is 0 Å². The molecule has 2 aliphatic rings. The van der Waals surface area contributed by atoms with Crippen molar-refractivity contribution in [3.8, 4) is 0 Å². The topological polar surface area (TPSA) is 12.5 Å². The lowest BCUT2D eigenvalue weighted by Crippen LogP contribution is -2.48. The zero-order valence-electron chi connectivity index (χ0n) is 13.7. The van der Waals surface area contributed by atoms with Crippen LogP contribution in [0.1, 0.15) is 46.1 Å². The van der Waals surface area contributed by atoms with Crippen LogP contribution in [0.4, 0.5) is 4.39 Å². The van der Waals surface area contributed by atoms with Gasteiger partial charge in [0.25, 0.3) is 0 Å². The van der Waals surface area contributed by atoms with Crippen LogP contribution in [-0.4, -0.2) is 23.8 Å². The molecule has 1 aromatic rings.